The molecule has 0 aliphatic rings. The zero-order valence-electron chi connectivity index (χ0n) is 13.1. The van der Waals surface area contributed by atoms with Crippen LogP contribution in [-0.4, -0.2) is 26.0 Å². The predicted octanol–water partition coefficient (Wildman–Crippen LogP) is 0.961. The van der Waals surface area contributed by atoms with Crippen molar-refractivity contribution in [2.75, 3.05) is 7.11 Å². The summed E-state index contributed by atoms with van der Waals surface area (Å²) < 4.78 is 9.04. The maximum atomic E-state index is 12.2. The van der Waals surface area contributed by atoms with Crippen LogP contribution in [0.1, 0.15) is 5.56 Å². The molecule has 0 spiro atoms. The van der Waals surface area contributed by atoms with Crippen molar-refractivity contribution in [3.63, 3.8) is 0 Å². The van der Waals surface area contributed by atoms with Crippen molar-refractivity contribution in [2.45, 2.75) is 0 Å². The molecule has 0 aliphatic heterocycles. The third kappa shape index (κ3) is 2.26. The highest BCUT2D eigenvalue weighted by Gasteiger charge is 2.14. The fourth-order valence-electron chi connectivity index (χ4n) is 2.40. The molecule has 7 heteroatoms. The van der Waals surface area contributed by atoms with Crippen LogP contribution in [0.25, 0.3) is 16.7 Å². The summed E-state index contributed by atoms with van der Waals surface area (Å²) in [6.45, 7) is 4.01. The zero-order valence-corrected chi connectivity index (χ0v) is 13.1. The van der Waals surface area contributed by atoms with Gasteiger partial charge < -0.3 is 4.74 Å². The molecular formula is C16H16N4O3. The quantitative estimate of drug-likeness (QED) is 0.722. The van der Waals surface area contributed by atoms with Crippen molar-refractivity contribution in [2.24, 2.45) is 14.1 Å². The van der Waals surface area contributed by atoms with Gasteiger partial charge in [-0.1, -0.05) is 6.58 Å². The second kappa shape index (κ2) is 5.28. The van der Waals surface area contributed by atoms with E-state index in [9.17, 15) is 9.59 Å². The topological polar surface area (TPSA) is 71.0 Å². The van der Waals surface area contributed by atoms with Gasteiger partial charge in [0.15, 0.2) is 5.65 Å². The molecule has 0 radical (unpaired) electrons. The highest BCUT2D eigenvalue weighted by atomic mass is 16.5. The van der Waals surface area contributed by atoms with Crippen LogP contribution in [0.4, 0.5) is 0 Å². The van der Waals surface area contributed by atoms with Crippen LogP contribution in [0.3, 0.4) is 0 Å². The largest absolute Gasteiger partial charge is 0.497 e. The van der Waals surface area contributed by atoms with Crippen LogP contribution in [0, 0.1) is 0 Å². The molecule has 0 amide bonds. The second-order valence-electron chi connectivity index (χ2n) is 5.19. The minimum atomic E-state index is -0.414. The lowest BCUT2D eigenvalue weighted by Crippen LogP contribution is -2.36. The normalized spacial score (nSPS) is 10.9. The van der Waals surface area contributed by atoms with E-state index in [-0.39, 0.29) is 5.56 Å². The lowest BCUT2D eigenvalue weighted by molar-refractivity contribution is 0.415. The van der Waals surface area contributed by atoms with Gasteiger partial charge in [-0.15, -0.1) is 5.10 Å². The molecule has 0 N–H and O–H groups in total. The maximum absolute atomic E-state index is 12.2. The molecule has 2 heterocycles. The first kappa shape index (κ1) is 14.8. The molecule has 0 atom stereocenters. The van der Waals surface area contributed by atoms with E-state index >= 15 is 0 Å². The zero-order chi connectivity index (χ0) is 16.7. The fourth-order valence-corrected chi connectivity index (χ4v) is 2.40. The molecule has 7 nitrogen and oxygen atoms in total. The predicted molar refractivity (Wildman–Crippen MR) is 87.6 cm³/mol. The Hall–Kier alpha value is -3.09. The Kier molecular flexibility index (Phi) is 3.40. The number of aryl methyl sites for hydroxylation is 1. The van der Waals surface area contributed by atoms with Crippen molar-refractivity contribution in [3.8, 4) is 5.75 Å². The molecule has 2 aromatic heterocycles. The van der Waals surface area contributed by atoms with Crippen LogP contribution in [-0.2, 0) is 14.1 Å². The van der Waals surface area contributed by atoms with Crippen molar-refractivity contribution in [1.82, 2.24) is 18.9 Å². The van der Waals surface area contributed by atoms with Crippen molar-refractivity contribution < 1.29 is 4.74 Å². The first-order chi connectivity index (χ1) is 10.9. The second-order valence-corrected chi connectivity index (χ2v) is 5.19. The highest BCUT2D eigenvalue weighted by molar-refractivity contribution is 5.76. The van der Waals surface area contributed by atoms with E-state index in [2.05, 4.69) is 11.7 Å². The van der Waals surface area contributed by atoms with E-state index in [0.717, 1.165) is 15.9 Å². The van der Waals surface area contributed by atoms with Crippen LogP contribution >= 0.6 is 0 Å². The molecule has 0 bridgehead atoms. The van der Waals surface area contributed by atoms with Gasteiger partial charge in [0.2, 0.25) is 0 Å². The molecule has 3 rings (SSSR count). The number of ether oxygens (including phenoxy) is 1. The maximum Gasteiger partial charge on any atom is 0.332 e. The average Bonchev–Trinajstić information content (AvgIpc) is 3.03. The number of rotatable bonds is 3. The van der Waals surface area contributed by atoms with Gasteiger partial charge in [0.05, 0.1) is 12.8 Å². The molecule has 0 unspecified atom stereocenters. The summed E-state index contributed by atoms with van der Waals surface area (Å²) >= 11 is 0. The Labute approximate surface area is 131 Å². The van der Waals surface area contributed by atoms with Gasteiger partial charge in [-0.2, -0.15) is 0 Å². The molecule has 23 heavy (non-hydrogen) atoms. The number of benzene rings is 1. The number of aromatic nitrogens is 4. The van der Waals surface area contributed by atoms with Gasteiger partial charge in [0, 0.05) is 20.3 Å². The minimum Gasteiger partial charge on any atom is -0.497 e. The highest BCUT2D eigenvalue weighted by Crippen LogP contribution is 2.19. The summed E-state index contributed by atoms with van der Waals surface area (Å²) in [5.41, 5.74) is 0.964. The van der Waals surface area contributed by atoms with Gasteiger partial charge in [-0.05, 0) is 29.8 Å². The first-order valence-electron chi connectivity index (χ1n) is 6.93. The van der Waals surface area contributed by atoms with Crippen LogP contribution in [0.5, 0.6) is 5.75 Å². The Morgan fingerprint density at radius 2 is 1.78 bits per heavy atom. The summed E-state index contributed by atoms with van der Waals surface area (Å²) in [5, 5.41) is 4.69. The first-order valence-corrected chi connectivity index (χ1v) is 6.93. The Balaban J connectivity index is 2.15. The van der Waals surface area contributed by atoms with Crippen molar-refractivity contribution >= 4 is 16.7 Å². The third-order valence-electron chi connectivity index (χ3n) is 3.82. The number of hydrogen-bond donors (Lipinski definition) is 0. The molecule has 1 aromatic carbocycles. The van der Waals surface area contributed by atoms with E-state index in [0.29, 0.717) is 16.7 Å². The standard InChI is InChI=1S/C16H16N4O3/c1-10(11-5-7-12(23-4)8-6-11)20-9-13-14(17-20)18(2)16(22)19(3)15(13)21/h5-9H,1H2,2-4H3. The molecule has 0 fully saturated rings. The molecule has 0 saturated heterocycles. The number of nitrogens with zero attached hydrogens (tertiary/aromatic N) is 4. The van der Waals surface area contributed by atoms with Crippen molar-refractivity contribution in [3.05, 3.63) is 63.4 Å². The molecule has 0 saturated carbocycles. The SMILES string of the molecule is C=C(c1ccc(OC)cc1)n1cc2c(=O)n(C)c(=O)n(C)c2n1. The van der Waals surface area contributed by atoms with E-state index in [4.69, 9.17) is 4.74 Å². The van der Waals surface area contributed by atoms with Crippen LogP contribution < -0.4 is 16.0 Å². The lowest BCUT2D eigenvalue weighted by atomic mass is 10.2. The van der Waals surface area contributed by atoms with Crippen LogP contribution in [0.15, 0.2) is 46.6 Å². The summed E-state index contributed by atoms with van der Waals surface area (Å²) in [4.78, 5) is 24.2. The van der Waals surface area contributed by atoms with Crippen LogP contribution in [0.2, 0.25) is 0 Å². The number of methoxy groups -OCH3 is 1. The lowest BCUT2D eigenvalue weighted by Gasteiger charge is -2.06. The molecule has 3 aromatic rings. The van der Waals surface area contributed by atoms with Gasteiger partial charge >= 0.3 is 5.69 Å². The summed E-state index contributed by atoms with van der Waals surface area (Å²) in [6.07, 6.45) is 1.59. The molecule has 118 valence electrons. The monoisotopic (exact) mass is 312 g/mol. The van der Waals surface area contributed by atoms with Gasteiger partial charge in [0.1, 0.15) is 11.1 Å². The summed E-state index contributed by atoms with van der Waals surface area (Å²) in [6, 6.07) is 7.34. The average molecular weight is 312 g/mol. The van der Waals surface area contributed by atoms with E-state index in [1.54, 1.807) is 20.4 Å². The molecule has 0 aliphatic carbocycles. The van der Waals surface area contributed by atoms with Gasteiger partial charge in [0.25, 0.3) is 5.56 Å². The molecular weight excluding hydrogens is 296 g/mol. The summed E-state index contributed by atoms with van der Waals surface area (Å²) in [5.74, 6) is 0.739. The fraction of sp³-hybridized carbons (Fsp3) is 0.188. The van der Waals surface area contributed by atoms with E-state index in [1.807, 2.05) is 24.3 Å². The van der Waals surface area contributed by atoms with Gasteiger partial charge in [-0.25, -0.2) is 9.48 Å². The third-order valence-corrected chi connectivity index (χ3v) is 3.82. The van der Waals surface area contributed by atoms with E-state index < -0.39 is 5.69 Å². The minimum absolute atomic E-state index is 0.327. The number of hydrogen-bond acceptors (Lipinski definition) is 4. The number of fused-ring (bicyclic) bond motifs is 1. The van der Waals surface area contributed by atoms with Crippen molar-refractivity contribution in [1.29, 1.82) is 0 Å². The van der Waals surface area contributed by atoms with E-state index in [1.165, 1.54) is 16.3 Å². The smallest absolute Gasteiger partial charge is 0.332 e. The summed E-state index contributed by atoms with van der Waals surface area (Å²) in [7, 11) is 4.62. The Bertz CT molecular complexity index is 1020. The Morgan fingerprint density at radius 3 is 2.39 bits per heavy atom. The Morgan fingerprint density at radius 1 is 1.13 bits per heavy atom. The van der Waals surface area contributed by atoms with Gasteiger partial charge in [-0.3, -0.25) is 13.9 Å².